The number of nitrogens with two attached hydrogens (primary N) is 1. The summed E-state index contributed by atoms with van der Waals surface area (Å²) in [5.74, 6) is 0. The number of unbranched alkanes of at least 4 members (excludes halogenated alkanes) is 1. The number of rotatable bonds is 10. The summed E-state index contributed by atoms with van der Waals surface area (Å²) in [6, 6.07) is 0. The Balaban J connectivity index is 3.11. The monoisotopic (exact) mass is 219 g/mol. The Hall–Kier alpha value is -0.160. The summed E-state index contributed by atoms with van der Waals surface area (Å²) in [7, 11) is 0. The second-order valence-electron chi connectivity index (χ2n) is 3.97. The van der Waals surface area contributed by atoms with Crippen molar-refractivity contribution < 1.29 is 14.6 Å². The largest absolute Gasteiger partial charge is 0.389 e. The van der Waals surface area contributed by atoms with E-state index in [1.54, 1.807) is 6.92 Å². The van der Waals surface area contributed by atoms with Gasteiger partial charge < -0.3 is 20.3 Å². The van der Waals surface area contributed by atoms with Crippen LogP contribution in [0.1, 0.15) is 33.1 Å². The molecule has 0 amide bonds. The summed E-state index contributed by atoms with van der Waals surface area (Å²) in [6.45, 7) is 6.84. The van der Waals surface area contributed by atoms with Crippen molar-refractivity contribution in [3.8, 4) is 0 Å². The van der Waals surface area contributed by atoms with Crippen LogP contribution in [0.15, 0.2) is 0 Å². The van der Waals surface area contributed by atoms with Crippen LogP contribution in [-0.2, 0) is 9.47 Å². The summed E-state index contributed by atoms with van der Waals surface area (Å²) in [5, 5.41) is 9.61. The fourth-order valence-corrected chi connectivity index (χ4v) is 1.18. The van der Waals surface area contributed by atoms with Gasteiger partial charge in [0.05, 0.1) is 18.8 Å². The maximum absolute atomic E-state index is 9.61. The van der Waals surface area contributed by atoms with Gasteiger partial charge in [-0.15, -0.1) is 0 Å². The molecule has 0 aromatic carbocycles. The molecule has 0 rings (SSSR count). The SMILES string of the molecule is CCOCCOCCCCC(C)(O)CN. The summed E-state index contributed by atoms with van der Waals surface area (Å²) in [6.07, 6.45) is 2.64. The highest BCUT2D eigenvalue weighted by molar-refractivity contribution is 4.72. The Kier molecular flexibility index (Phi) is 9.00. The standard InChI is InChI=1S/C11H25NO3/c1-3-14-8-9-15-7-5-4-6-11(2,13)10-12/h13H,3-10,12H2,1-2H3. The molecule has 0 heterocycles. The average Bonchev–Trinajstić information content (AvgIpc) is 2.22. The lowest BCUT2D eigenvalue weighted by molar-refractivity contribution is 0.0401. The Bertz CT molecular complexity index is 140. The number of ether oxygens (including phenoxy) is 2. The first-order valence-electron chi connectivity index (χ1n) is 5.70. The van der Waals surface area contributed by atoms with Gasteiger partial charge in [0.2, 0.25) is 0 Å². The fraction of sp³-hybridized carbons (Fsp3) is 1.00. The van der Waals surface area contributed by atoms with E-state index in [1.165, 1.54) is 0 Å². The molecule has 0 aromatic rings. The van der Waals surface area contributed by atoms with E-state index in [0.29, 0.717) is 19.8 Å². The van der Waals surface area contributed by atoms with Crippen molar-refractivity contribution >= 4 is 0 Å². The lowest BCUT2D eigenvalue weighted by Gasteiger charge is -2.20. The van der Waals surface area contributed by atoms with Crippen molar-refractivity contribution in [2.45, 2.75) is 38.7 Å². The molecule has 0 bridgehead atoms. The molecule has 15 heavy (non-hydrogen) atoms. The van der Waals surface area contributed by atoms with Gasteiger partial charge in [-0.1, -0.05) is 0 Å². The third-order valence-electron chi connectivity index (χ3n) is 2.27. The second-order valence-corrected chi connectivity index (χ2v) is 3.97. The van der Waals surface area contributed by atoms with Crippen LogP contribution in [0.3, 0.4) is 0 Å². The van der Waals surface area contributed by atoms with Crippen LogP contribution in [0, 0.1) is 0 Å². The van der Waals surface area contributed by atoms with Crippen molar-refractivity contribution in [1.29, 1.82) is 0 Å². The highest BCUT2D eigenvalue weighted by atomic mass is 16.5. The van der Waals surface area contributed by atoms with Gasteiger partial charge in [0, 0.05) is 19.8 Å². The zero-order valence-electron chi connectivity index (χ0n) is 10.00. The molecular weight excluding hydrogens is 194 g/mol. The Morgan fingerprint density at radius 2 is 1.80 bits per heavy atom. The van der Waals surface area contributed by atoms with Crippen LogP contribution < -0.4 is 5.73 Å². The zero-order valence-corrected chi connectivity index (χ0v) is 10.00. The maximum atomic E-state index is 9.61. The van der Waals surface area contributed by atoms with E-state index in [0.717, 1.165) is 32.5 Å². The van der Waals surface area contributed by atoms with Gasteiger partial charge in [0.1, 0.15) is 0 Å². The predicted octanol–water partition coefficient (Wildman–Crippen LogP) is 0.920. The lowest BCUT2D eigenvalue weighted by Crippen LogP contribution is -2.33. The predicted molar refractivity (Wildman–Crippen MR) is 60.8 cm³/mol. The van der Waals surface area contributed by atoms with Crippen LogP contribution in [-0.4, -0.2) is 43.7 Å². The van der Waals surface area contributed by atoms with Crippen LogP contribution >= 0.6 is 0 Å². The zero-order chi connectivity index (χ0) is 11.6. The van der Waals surface area contributed by atoms with E-state index < -0.39 is 5.60 Å². The molecule has 0 aliphatic rings. The molecule has 4 heteroatoms. The summed E-state index contributed by atoms with van der Waals surface area (Å²) < 4.78 is 10.5. The van der Waals surface area contributed by atoms with E-state index in [2.05, 4.69) is 0 Å². The third kappa shape index (κ3) is 10.1. The molecule has 0 aromatic heterocycles. The second kappa shape index (κ2) is 9.09. The first-order valence-corrected chi connectivity index (χ1v) is 5.70. The molecule has 0 fully saturated rings. The fourth-order valence-electron chi connectivity index (χ4n) is 1.18. The van der Waals surface area contributed by atoms with Crippen molar-refractivity contribution in [1.82, 2.24) is 0 Å². The molecule has 0 saturated carbocycles. The minimum atomic E-state index is -0.717. The van der Waals surface area contributed by atoms with E-state index >= 15 is 0 Å². The first kappa shape index (κ1) is 14.8. The van der Waals surface area contributed by atoms with E-state index in [9.17, 15) is 5.11 Å². The molecule has 1 unspecified atom stereocenters. The van der Waals surface area contributed by atoms with Crippen LogP contribution in [0.2, 0.25) is 0 Å². The topological polar surface area (TPSA) is 64.7 Å². The van der Waals surface area contributed by atoms with Gasteiger partial charge in [0.15, 0.2) is 0 Å². The Morgan fingerprint density at radius 3 is 2.40 bits per heavy atom. The Morgan fingerprint density at radius 1 is 1.13 bits per heavy atom. The minimum Gasteiger partial charge on any atom is -0.389 e. The molecule has 0 aliphatic carbocycles. The van der Waals surface area contributed by atoms with E-state index in [4.69, 9.17) is 15.2 Å². The molecule has 1 atom stereocenters. The number of aliphatic hydroxyl groups is 1. The summed E-state index contributed by atoms with van der Waals surface area (Å²) >= 11 is 0. The number of hydrogen-bond acceptors (Lipinski definition) is 4. The molecule has 92 valence electrons. The molecule has 0 saturated heterocycles. The van der Waals surface area contributed by atoms with Gasteiger partial charge in [-0.25, -0.2) is 0 Å². The van der Waals surface area contributed by atoms with Crippen molar-refractivity contribution in [3.63, 3.8) is 0 Å². The van der Waals surface area contributed by atoms with Gasteiger partial charge in [-0.05, 0) is 33.1 Å². The third-order valence-corrected chi connectivity index (χ3v) is 2.27. The lowest BCUT2D eigenvalue weighted by atomic mass is 10.00. The highest BCUT2D eigenvalue weighted by Gasteiger charge is 2.16. The van der Waals surface area contributed by atoms with Crippen molar-refractivity contribution in [3.05, 3.63) is 0 Å². The average molecular weight is 219 g/mol. The summed E-state index contributed by atoms with van der Waals surface area (Å²) in [4.78, 5) is 0. The maximum Gasteiger partial charge on any atom is 0.0741 e. The molecule has 4 nitrogen and oxygen atoms in total. The minimum absolute atomic E-state index is 0.318. The van der Waals surface area contributed by atoms with Gasteiger partial charge in [0.25, 0.3) is 0 Å². The molecule has 0 spiro atoms. The molecule has 0 aliphatic heterocycles. The van der Waals surface area contributed by atoms with Gasteiger partial charge >= 0.3 is 0 Å². The van der Waals surface area contributed by atoms with Crippen LogP contribution in [0.5, 0.6) is 0 Å². The van der Waals surface area contributed by atoms with Gasteiger partial charge in [-0.3, -0.25) is 0 Å². The van der Waals surface area contributed by atoms with Crippen molar-refractivity contribution in [2.75, 3.05) is 33.0 Å². The smallest absolute Gasteiger partial charge is 0.0741 e. The van der Waals surface area contributed by atoms with Crippen LogP contribution in [0.4, 0.5) is 0 Å². The molecule has 3 N–H and O–H groups in total. The highest BCUT2D eigenvalue weighted by Crippen LogP contribution is 2.11. The normalized spacial score (nSPS) is 15.2. The van der Waals surface area contributed by atoms with Crippen LogP contribution in [0.25, 0.3) is 0 Å². The van der Waals surface area contributed by atoms with Crippen molar-refractivity contribution in [2.24, 2.45) is 5.73 Å². The molecule has 0 radical (unpaired) electrons. The quantitative estimate of drug-likeness (QED) is 0.536. The molecular formula is C11H25NO3. The summed E-state index contributed by atoms with van der Waals surface area (Å²) in [5.41, 5.74) is 4.69. The van der Waals surface area contributed by atoms with Gasteiger partial charge in [-0.2, -0.15) is 0 Å². The van der Waals surface area contributed by atoms with E-state index in [1.807, 2.05) is 6.92 Å². The number of hydrogen-bond donors (Lipinski definition) is 2. The van der Waals surface area contributed by atoms with E-state index in [-0.39, 0.29) is 0 Å². The Labute approximate surface area is 92.7 Å². The first-order chi connectivity index (χ1) is 7.12.